The predicted molar refractivity (Wildman–Crippen MR) is 69.8 cm³/mol. The summed E-state index contributed by atoms with van der Waals surface area (Å²) in [6, 6.07) is 2.30. The molecule has 0 unspecified atom stereocenters. The molecule has 0 saturated heterocycles. The van der Waals surface area contributed by atoms with Crippen LogP contribution in [-0.4, -0.2) is 18.2 Å². The van der Waals surface area contributed by atoms with Crippen molar-refractivity contribution in [3.8, 4) is 0 Å². The van der Waals surface area contributed by atoms with Gasteiger partial charge in [-0.25, -0.2) is 17.2 Å². The highest BCUT2D eigenvalue weighted by molar-refractivity contribution is 7.92. The van der Waals surface area contributed by atoms with Gasteiger partial charge in [0.1, 0.15) is 16.5 Å². The molecule has 0 saturated carbocycles. The number of anilines is 1. The molecule has 108 valence electrons. The molecule has 0 amide bonds. The molecule has 0 bridgehead atoms. The number of halogens is 2. The summed E-state index contributed by atoms with van der Waals surface area (Å²) in [6.45, 7) is 4.06. The molecule has 1 aromatic heterocycles. The van der Waals surface area contributed by atoms with Crippen molar-refractivity contribution >= 4 is 15.7 Å². The van der Waals surface area contributed by atoms with Crippen molar-refractivity contribution in [3.05, 3.63) is 41.7 Å². The van der Waals surface area contributed by atoms with Gasteiger partial charge in [0.2, 0.25) is 0 Å². The third-order valence-electron chi connectivity index (χ3n) is 2.70. The lowest BCUT2D eigenvalue weighted by atomic mass is 10.3. The van der Waals surface area contributed by atoms with Gasteiger partial charge in [-0.1, -0.05) is 0 Å². The van der Waals surface area contributed by atoms with Crippen molar-refractivity contribution in [2.24, 2.45) is 0 Å². The number of aryl methyl sites for hydroxylation is 2. The van der Waals surface area contributed by atoms with Crippen molar-refractivity contribution in [2.75, 3.05) is 4.72 Å². The number of hydrogen-bond donors (Lipinski definition) is 1. The van der Waals surface area contributed by atoms with Gasteiger partial charge in [-0.3, -0.25) is 9.40 Å². The Labute approximate surface area is 115 Å². The van der Waals surface area contributed by atoms with Gasteiger partial charge in [-0.15, -0.1) is 0 Å². The molecule has 0 fully saturated rings. The second-order valence-electron chi connectivity index (χ2n) is 4.16. The Hall–Kier alpha value is -1.96. The summed E-state index contributed by atoms with van der Waals surface area (Å²) in [4.78, 5) is -0.609. The largest absolute Gasteiger partial charge is 0.276 e. The van der Waals surface area contributed by atoms with Crippen LogP contribution in [0.1, 0.15) is 12.6 Å². The van der Waals surface area contributed by atoms with E-state index in [-0.39, 0.29) is 5.69 Å². The van der Waals surface area contributed by atoms with E-state index in [0.29, 0.717) is 18.3 Å². The van der Waals surface area contributed by atoms with Crippen LogP contribution in [0.4, 0.5) is 14.5 Å². The molecule has 0 aliphatic heterocycles. The Bertz CT molecular complexity index is 741. The lowest BCUT2D eigenvalue weighted by molar-refractivity contribution is 0.551. The molecule has 1 aromatic carbocycles. The van der Waals surface area contributed by atoms with E-state index in [1.54, 1.807) is 11.6 Å². The minimum atomic E-state index is -4.12. The highest BCUT2D eigenvalue weighted by atomic mass is 32.2. The second-order valence-corrected chi connectivity index (χ2v) is 5.81. The zero-order chi connectivity index (χ0) is 14.9. The molecular weight excluding hydrogens is 288 g/mol. The van der Waals surface area contributed by atoms with Crippen molar-refractivity contribution in [3.63, 3.8) is 0 Å². The van der Waals surface area contributed by atoms with Crippen LogP contribution in [-0.2, 0) is 16.6 Å². The van der Waals surface area contributed by atoms with E-state index in [1.807, 2.05) is 6.92 Å². The van der Waals surface area contributed by atoms with Crippen LogP contribution in [0.3, 0.4) is 0 Å². The highest BCUT2D eigenvalue weighted by Crippen LogP contribution is 2.21. The maximum absolute atomic E-state index is 13.5. The number of nitrogens with zero attached hydrogens (tertiary/aromatic N) is 2. The molecule has 2 aromatic rings. The van der Waals surface area contributed by atoms with Gasteiger partial charge >= 0.3 is 0 Å². The van der Waals surface area contributed by atoms with E-state index < -0.39 is 26.6 Å². The van der Waals surface area contributed by atoms with Crippen molar-refractivity contribution in [2.45, 2.75) is 25.3 Å². The number of rotatable bonds is 4. The van der Waals surface area contributed by atoms with E-state index in [2.05, 4.69) is 9.82 Å². The summed E-state index contributed by atoms with van der Waals surface area (Å²) in [6.07, 6.45) is 1.51. The van der Waals surface area contributed by atoms with E-state index in [4.69, 9.17) is 0 Å². The molecular formula is C12H13F2N3O2S. The Kier molecular flexibility index (Phi) is 3.76. The molecule has 2 rings (SSSR count). The molecule has 20 heavy (non-hydrogen) atoms. The SMILES string of the molecule is CCn1cc(NS(=O)(=O)c2ccc(F)cc2F)c(C)n1. The second kappa shape index (κ2) is 5.20. The molecule has 0 radical (unpaired) electrons. The van der Waals surface area contributed by atoms with Gasteiger partial charge in [-0.2, -0.15) is 5.10 Å². The average molecular weight is 301 g/mol. The quantitative estimate of drug-likeness (QED) is 0.942. The first-order chi connectivity index (χ1) is 9.33. The zero-order valence-corrected chi connectivity index (χ0v) is 11.7. The molecule has 0 aliphatic rings. The smallest absolute Gasteiger partial charge is 0.264 e. The van der Waals surface area contributed by atoms with E-state index in [0.717, 1.165) is 12.1 Å². The summed E-state index contributed by atoms with van der Waals surface area (Å²) < 4.78 is 54.3. The van der Waals surface area contributed by atoms with Gasteiger partial charge in [0.15, 0.2) is 0 Å². The monoisotopic (exact) mass is 301 g/mol. The van der Waals surface area contributed by atoms with Gasteiger partial charge in [0.25, 0.3) is 10.0 Å². The third-order valence-corrected chi connectivity index (χ3v) is 4.10. The van der Waals surface area contributed by atoms with Crippen LogP contribution < -0.4 is 4.72 Å². The predicted octanol–water partition coefficient (Wildman–Crippen LogP) is 2.29. The number of nitrogens with one attached hydrogen (secondary N) is 1. The van der Waals surface area contributed by atoms with Crippen LogP contribution in [0.15, 0.2) is 29.3 Å². The fraction of sp³-hybridized carbons (Fsp3) is 0.250. The topological polar surface area (TPSA) is 64.0 Å². The first-order valence-electron chi connectivity index (χ1n) is 5.85. The fourth-order valence-electron chi connectivity index (χ4n) is 1.67. The third kappa shape index (κ3) is 2.79. The van der Waals surface area contributed by atoms with E-state index in [1.165, 1.54) is 6.20 Å². The summed E-state index contributed by atoms with van der Waals surface area (Å²) in [5.41, 5.74) is 0.730. The number of hydrogen-bond acceptors (Lipinski definition) is 3. The molecule has 1 N–H and O–H groups in total. The van der Waals surface area contributed by atoms with E-state index >= 15 is 0 Å². The number of aromatic nitrogens is 2. The molecule has 0 atom stereocenters. The van der Waals surface area contributed by atoms with Crippen LogP contribution in [0.25, 0.3) is 0 Å². The summed E-state index contributed by atoms with van der Waals surface area (Å²) in [7, 11) is -4.12. The minimum absolute atomic E-state index is 0.260. The van der Waals surface area contributed by atoms with Crippen LogP contribution in [0.2, 0.25) is 0 Å². The first-order valence-corrected chi connectivity index (χ1v) is 7.33. The minimum Gasteiger partial charge on any atom is -0.276 e. The Morgan fingerprint density at radius 2 is 2.05 bits per heavy atom. The maximum atomic E-state index is 13.5. The van der Waals surface area contributed by atoms with Gasteiger partial charge in [-0.05, 0) is 26.0 Å². The van der Waals surface area contributed by atoms with Crippen molar-refractivity contribution < 1.29 is 17.2 Å². The molecule has 0 spiro atoms. The van der Waals surface area contributed by atoms with E-state index in [9.17, 15) is 17.2 Å². The average Bonchev–Trinajstić information content (AvgIpc) is 2.69. The van der Waals surface area contributed by atoms with Gasteiger partial charge in [0.05, 0.1) is 11.4 Å². The lowest BCUT2D eigenvalue weighted by Gasteiger charge is -2.07. The van der Waals surface area contributed by atoms with Gasteiger partial charge < -0.3 is 0 Å². The Morgan fingerprint density at radius 1 is 1.35 bits per heavy atom. The van der Waals surface area contributed by atoms with Crippen LogP contribution >= 0.6 is 0 Å². The van der Waals surface area contributed by atoms with Crippen molar-refractivity contribution in [1.29, 1.82) is 0 Å². The molecule has 1 heterocycles. The zero-order valence-electron chi connectivity index (χ0n) is 10.9. The number of benzene rings is 1. The maximum Gasteiger partial charge on any atom is 0.264 e. The highest BCUT2D eigenvalue weighted by Gasteiger charge is 2.21. The Balaban J connectivity index is 2.38. The molecule has 8 heteroatoms. The Morgan fingerprint density at radius 3 is 2.60 bits per heavy atom. The summed E-state index contributed by atoms with van der Waals surface area (Å²) in [5.74, 6) is -1.98. The first kappa shape index (κ1) is 14.4. The molecule has 0 aliphatic carbocycles. The number of sulfonamides is 1. The standard InChI is InChI=1S/C12H13F2N3O2S/c1-3-17-7-11(8(2)15-17)16-20(18,19)12-5-4-9(13)6-10(12)14/h4-7,16H,3H2,1-2H3. The van der Waals surface area contributed by atoms with Gasteiger partial charge in [0, 0.05) is 18.8 Å². The van der Waals surface area contributed by atoms with Crippen LogP contribution in [0.5, 0.6) is 0 Å². The molecule has 5 nitrogen and oxygen atoms in total. The normalized spacial score (nSPS) is 11.6. The summed E-state index contributed by atoms with van der Waals surface area (Å²) >= 11 is 0. The van der Waals surface area contributed by atoms with Crippen molar-refractivity contribution in [1.82, 2.24) is 9.78 Å². The lowest BCUT2D eigenvalue weighted by Crippen LogP contribution is -2.15. The van der Waals surface area contributed by atoms with Crippen LogP contribution in [0, 0.1) is 18.6 Å². The fourth-order valence-corrected chi connectivity index (χ4v) is 2.84. The summed E-state index contributed by atoms with van der Waals surface area (Å²) in [5, 5.41) is 4.08.